The van der Waals surface area contributed by atoms with Crippen molar-refractivity contribution in [3.05, 3.63) is 0 Å². The molecule has 0 amide bonds. The molecule has 1 atom stereocenters. The minimum Gasteiger partial charge on any atom is -0.307 e. The summed E-state index contributed by atoms with van der Waals surface area (Å²) in [6.07, 6.45) is 2.94. The average molecular weight is 312 g/mol. The summed E-state index contributed by atoms with van der Waals surface area (Å²) in [5.41, 5.74) is 0. The Balaban J connectivity index is 5.35. The van der Waals surface area contributed by atoms with Crippen molar-refractivity contribution in [2.24, 2.45) is 0 Å². The largest absolute Gasteiger partial charge is 0.363 e. The molecule has 6 heteroatoms. The first-order valence-electron chi connectivity index (χ1n) is 7.26. The van der Waals surface area contributed by atoms with Crippen LogP contribution in [0, 0.1) is 0 Å². The molecule has 0 N–H and O–H groups in total. The van der Waals surface area contributed by atoms with Crippen LogP contribution < -0.4 is 0 Å². The van der Waals surface area contributed by atoms with Crippen LogP contribution >= 0.6 is 7.60 Å². The fourth-order valence-corrected chi connectivity index (χ4v) is 8.31. The second kappa shape index (κ2) is 7.92. The van der Waals surface area contributed by atoms with Crippen molar-refractivity contribution >= 4 is 15.7 Å². The van der Waals surface area contributed by atoms with Crippen LogP contribution in [0.25, 0.3) is 0 Å². The van der Waals surface area contributed by atoms with Crippen LogP contribution in [0.1, 0.15) is 46.5 Å². The van der Waals surface area contributed by atoms with Crippen LogP contribution in [-0.4, -0.2) is 26.3 Å². The molecule has 1 unspecified atom stereocenters. The molecule has 0 aromatic carbocycles. The van der Waals surface area contributed by atoms with Gasteiger partial charge < -0.3 is 9.05 Å². The predicted molar refractivity (Wildman–Crippen MR) is 82.2 cm³/mol. The fourth-order valence-electron chi connectivity index (χ4n) is 2.11. The molecule has 0 radical (unpaired) electrons. The second-order valence-corrected chi connectivity index (χ2v) is 13.7. The predicted octanol–water partition coefficient (Wildman–Crippen LogP) is 5.38. The average Bonchev–Trinajstić information content (AvgIpc) is 2.28. The zero-order valence-corrected chi connectivity index (χ0v) is 15.2. The highest BCUT2D eigenvalue weighted by atomic mass is 31.2. The molecule has 116 valence electrons. The molecule has 0 bridgehead atoms. The quantitative estimate of drug-likeness (QED) is 0.309. The third-order valence-corrected chi connectivity index (χ3v) is 11.0. The molecule has 0 fully saturated rings. The summed E-state index contributed by atoms with van der Waals surface area (Å²) in [7, 11) is -6.06. The van der Waals surface area contributed by atoms with Crippen LogP contribution in [0.4, 0.5) is 4.39 Å². The molecule has 0 heterocycles. The van der Waals surface area contributed by atoms with Crippen LogP contribution in [0.15, 0.2) is 0 Å². The van der Waals surface area contributed by atoms with Gasteiger partial charge in [-0.25, -0.2) is 4.39 Å². The van der Waals surface area contributed by atoms with Gasteiger partial charge in [0.05, 0.1) is 13.2 Å². The Morgan fingerprint density at radius 3 is 1.84 bits per heavy atom. The van der Waals surface area contributed by atoms with E-state index >= 15 is 4.39 Å². The number of unbranched alkanes of at least 4 members (excludes halogenated alkanes) is 2. The first-order valence-corrected chi connectivity index (χ1v) is 12.3. The standard InChI is InChI=1S/C13H30FO3PSi/c1-7-10-11-12-13(14,19(4,5)6)18(15,16-8-2)17-9-3/h7-12H2,1-6H3. The Morgan fingerprint density at radius 1 is 1.05 bits per heavy atom. The van der Waals surface area contributed by atoms with Crippen LogP contribution in [0.5, 0.6) is 0 Å². The molecule has 0 aromatic heterocycles. The molecular weight excluding hydrogens is 282 g/mol. The Morgan fingerprint density at radius 2 is 1.53 bits per heavy atom. The van der Waals surface area contributed by atoms with E-state index in [0.29, 0.717) is 0 Å². The first kappa shape index (κ1) is 19.3. The van der Waals surface area contributed by atoms with Crippen molar-refractivity contribution in [2.45, 2.75) is 71.1 Å². The summed E-state index contributed by atoms with van der Waals surface area (Å²) in [6.45, 7) is 11.6. The molecule has 3 nitrogen and oxygen atoms in total. The van der Waals surface area contributed by atoms with Crippen molar-refractivity contribution in [2.75, 3.05) is 13.2 Å². The Labute approximate surface area is 118 Å². The molecule has 0 rings (SSSR count). The lowest BCUT2D eigenvalue weighted by Crippen LogP contribution is -2.49. The van der Waals surface area contributed by atoms with Gasteiger partial charge >= 0.3 is 7.60 Å². The number of hydrogen-bond donors (Lipinski definition) is 0. The van der Waals surface area contributed by atoms with E-state index in [-0.39, 0.29) is 19.6 Å². The molecule has 0 aliphatic carbocycles. The van der Waals surface area contributed by atoms with E-state index in [9.17, 15) is 4.57 Å². The summed E-state index contributed by atoms with van der Waals surface area (Å²) in [6, 6.07) is 0. The molecule has 0 aliphatic heterocycles. The normalized spacial score (nSPS) is 16.4. The second-order valence-electron chi connectivity index (χ2n) is 5.80. The van der Waals surface area contributed by atoms with E-state index in [1.165, 1.54) is 0 Å². The minimum absolute atomic E-state index is 0.210. The van der Waals surface area contributed by atoms with E-state index < -0.39 is 20.7 Å². The maximum absolute atomic E-state index is 15.6. The van der Waals surface area contributed by atoms with Crippen molar-refractivity contribution in [3.63, 3.8) is 0 Å². The van der Waals surface area contributed by atoms with E-state index in [1.807, 2.05) is 19.6 Å². The van der Waals surface area contributed by atoms with Gasteiger partial charge in [-0.15, -0.1) is 0 Å². The lowest BCUT2D eigenvalue weighted by Gasteiger charge is -2.40. The van der Waals surface area contributed by atoms with Gasteiger partial charge in [-0.2, -0.15) is 0 Å². The molecule has 0 saturated carbocycles. The van der Waals surface area contributed by atoms with Gasteiger partial charge in [0.15, 0.2) is 5.03 Å². The molecule has 0 saturated heterocycles. The topological polar surface area (TPSA) is 35.5 Å². The summed E-state index contributed by atoms with van der Waals surface area (Å²) in [4.78, 5) is 0. The Kier molecular flexibility index (Phi) is 8.04. The highest BCUT2D eigenvalue weighted by Gasteiger charge is 2.59. The monoisotopic (exact) mass is 312 g/mol. The van der Waals surface area contributed by atoms with Crippen LogP contribution in [0.2, 0.25) is 19.6 Å². The molecule has 0 spiro atoms. The zero-order chi connectivity index (χ0) is 15.2. The van der Waals surface area contributed by atoms with E-state index in [0.717, 1.165) is 19.3 Å². The highest BCUT2D eigenvalue weighted by molar-refractivity contribution is 7.59. The van der Waals surface area contributed by atoms with Crippen LogP contribution in [-0.2, 0) is 13.6 Å². The lowest BCUT2D eigenvalue weighted by molar-refractivity contribution is 0.167. The zero-order valence-electron chi connectivity index (χ0n) is 13.3. The van der Waals surface area contributed by atoms with Crippen molar-refractivity contribution in [1.29, 1.82) is 0 Å². The number of hydrogen-bond acceptors (Lipinski definition) is 3. The van der Waals surface area contributed by atoms with Gasteiger partial charge in [-0.1, -0.05) is 39.4 Å². The van der Waals surface area contributed by atoms with E-state index in [2.05, 4.69) is 6.92 Å². The summed E-state index contributed by atoms with van der Waals surface area (Å²) < 4.78 is 39.1. The Hall–Kier alpha value is 0.297. The van der Waals surface area contributed by atoms with Crippen molar-refractivity contribution < 1.29 is 18.0 Å². The number of halogens is 1. The van der Waals surface area contributed by atoms with Gasteiger partial charge in [-0.3, -0.25) is 4.57 Å². The van der Waals surface area contributed by atoms with Gasteiger partial charge in [0.25, 0.3) is 0 Å². The van der Waals surface area contributed by atoms with E-state index in [1.54, 1.807) is 13.8 Å². The van der Waals surface area contributed by atoms with Crippen molar-refractivity contribution in [3.8, 4) is 0 Å². The number of rotatable bonds is 10. The van der Waals surface area contributed by atoms with Gasteiger partial charge in [-0.05, 0) is 26.7 Å². The third kappa shape index (κ3) is 4.66. The number of alkyl halides is 1. The molecule has 0 aliphatic rings. The Bertz CT molecular complexity index is 297. The van der Waals surface area contributed by atoms with Gasteiger partial charge in [0.2, 0.25) is 0 Å². The summed E-state index contributed by atoms with van der Waals surface area (Å²) in [5, 5.41) is -1.80. The highest BCUT2D eigenvalue weighted by Crippen LogP contribution is 2.66. The minimum atomic E-state index is -3.71. The van der Waals surface area contributed by atoms with Gasteiger partial charge in [0.1, 0.15) is 8.07 Å². The van der Waals surface area contributed by atoms with Crippen molar-refractivity contribution in [1.82, 2.24) is 0 Å². The summed E-state index contributed by atoms with van der Waals surface area (Å²) >= 11 is 0. The maximum Gasteiger partial charge on any atom is 0.363 e. The van der Waals surface area contributed by atoms with Crippen LogP contribution in [0.3, 0.4) is 0 Å². The summed E-state index contributed by atoms with van der Waals surface area (Å²) in [5.74, 6) is 0. The SMILES string of the molecule is CCCCCC(F)([Si](C)(C)C)P(=O)(OCC)OCC. The molecule has 0 aromatic rings. The fraction of sp³-hybridized carbons (Fsp3) is 1.00. The first-order chi connectivity index (χ1) is 8.68. The maximum atomic E-state index is 15.6. The molecule has 19 heavy (non-hydrogen) atoms. The smallest absolute Gasteiger partial charge is 0.307 e. The third-order valence-electron chi connectivity index (χ3n) is 3.29. The van der Waals surface area contributed by atoms with Gasteiger partial charge in [0, 0.05) is 0 Å². The lowest BCUT2D eigenvalue weighted by atomic mass is 10.2. The molecular formula is C13H30FO3PSi. The van der Waals surface area contributed by atoms with E-state index in [4.69, 9.17) is 9.05 Å².